The van der Waals surface area contributed by atoms with Gasteiger partial charge in [0, 0.05) is 5.56 Å². The number of hydrogen-bond donors (Lipinski definition) is 0. The van der Waals surface area contributed by atoms with E-state index in [9.17, 15) is 0 Å². The maximum absolute atomic E-state index is 6.56. The molecule has 2 aliphatic rings. The van der Waals surface area contributed by atoms with E-state index < -0.39 is 37.0 Å². The minimum Gasteiger partial charge on any atom is -0.497 e. The van der Waals surface area contributed by atoms with Crippen LogP contribution in [0.4, 0.5) is 0 Å². The van der Waals surface area contributed by atoms with Crippen LogP contribution in [0.2, 0.25) is 0 Å². The zero-order valence-electron chi connectivity index (χ0n) is 21.5. The minimum absolute atomic E-state index is 0.314. The zero-order chi connectivity index (χ0) is 26.2. The topological polar surface area (TPSA) is 64.6 Å². The molecule has 7 heteroatoms. The number of hydrogen-bond acceptors (Lipinski definition) is 7. The average Bonchev–Trinajstić information content (AvgIpc) is 2.98. The van der Waals surface area contributed by atoms with E-state index in [1.54, 1.807) is 13.2 Å². The molecule has 0 saturated carbocycles. The fourth-order valence-electron chi connectivity index (χ4n) is 4.67. The van der Waals surface area contributed by atoms with Crippen molar-refractivity contribution in [3.8, 4) is 5.75 Å². The van der Waals surface area contributed by atoms with E-state index in [2.05, 4.69) is 6.58 Å². The van der Waals surface area contributed by atoms with Crippen LogP contribution in [0.1, 0.15) is 23.0 Å². The van der Waals surface area contributed by atoms with Crippen LogP contribution in [-0.2, 0) is 41.6 Å². The molecular weight excluding hydrogens is 484 g/mol. The molecule has 0 aromatic heterocycles. The van der Waals surface area contributed by atoms with E-state index in [1.165, 1.54) is 0 Å². The molecule has 5 rings (SSSR count). The summed E-state index contributed by atoms with van der Waals surface area (Å²) >= 11 is 0. The van der Waals surface area contributed by atoms with Crippen LogP contribution in [0, 0.1) is 0 Å². The molecule has 7 nitrogen and oxygen atoms in total. The van der Waals surface area contributed by atoms with Crippen LogP contribution < -0.4 is 4.74 Å². The summed E-state index contributed by atoms with van der Waals surface area (Å²) in [5.74, 6) is 0.768. The van der Waals surface area contributed by atoms with Gasteiger partial charge < -0.3 is 33.2 Å². The highest BCUT2D eigenvalue weighted by Gasteiger charge is 2.51. The second-order valence-corrected chi connectivity index (χ2v) is 9.23. The van der Waals surface area contributed by atoms with Crippen LogP contribution in [0.15, 0.2) is 97.6 Å². The quantitative estimate of drug-likeness (QED) is 0.323. The number of benzene rings is 3. The van der Waals surface area contributed by atoms with E-state index in [1.807, 2.05) is 84.9 Å². The summed E-state index contributed by atoms with van der Waals surface area (Å²) in [6.07, 6.45) is -1.41. The third-order valence-corrected chi connectivity index (χ3v) is 6.62. The van der Waals surface area contributed by atoms with Crippen molar-refractivity contribution in [3.63, 3.8) is 0 Å². The molecule has 3 aromatic carbocycles. The fourth-order valence-corrected chi connectivity index (χ4v) is 4.67. The first-order valence-corrected chi connectivity index (χ1v) is 12.8. The van der Waals surface area contributed by atoms with Crippen LogP contribution in [0.25, 0.3) is 0 Å². The Labute approximate surface area is 223 Å². The van der Waals surface area contributed by atoms with Crippen molar-refractivity contribution in [1.29, 1.82) is 0 Å². The predicted octanol–water partition coefficient (Wildman–Crippen LogP) is 5.21. The summed E-state index contributed by atoms with van der Waals surface area (Å²) in [5.41, 5.74) is 2.99. The van der Waals surface area contributed by atoms with Gasteiger partial charge >= 0.3 is 0 Å². The summed E-state index contributed by atoms with van der Waals surface area (Å²) < 4.78 is 43.3. The van der Waals surface area contributed by atoms with Gasteiger partial charge in [0.2, 0.25) is 0 Å². The SMILES string of the molecule is C=CCOC1O[C@@H]2COC(c3ccc(OC)cc3)O[C@H]2[C@H](OCc2ccccc2)[C@H]1OCc1ccccc1. The van der Waals surface area contributed by atoms with Crippen molar-refractivity contribution in [2.45, 2.75) is 50.2 Å². The maximum atomic E-state index is 6.56. The Bertz CT molecular complexity index is 1120. The molecule has 6 atom stereocenters. The van der Waals surface area contributed by atoms with Crippen molar-refractivity contribution < 1.29 is 33.2 Å². The highest BCUT2D eigenvalue weighted by Crippen LogP contribution is 2.37. The van der Waals surface area contributed by atoms with Gasteiger partial charge in [-0.15, -0.1) is 6.58 Å². The standard InChI is InChI=1S/C31H34O7/c1-3-18-33-31-29(35-20-23-12-8-5-9-13-23)28(34-19-22-10-6-4-7-11-22)27-26(37-31)21-36-30(38-27)24-14-16-25(32-2)17-15-24/h3-17,26-31H,1,18-21H2,2H3/t26-,27-,28+,29-,30?,31?/m1/s1. The zero-order valence-corrected chi connectivity index (χ0v) is 21.5. The molecule has 0 radical (unpaired) electrons. The number of fused-ring (bicyclic) bond motifs is 1. The Morgan fingerprint density at radius 3 is 2.03 bits per heavy atom. The lowest BCUT2D eigenvalue weighted by molar-refractivity contribution is -0.371. The first kappa shape index (κ1) is 26.6. The molecule has 200 valence electrons. The van der Waals surface area contributed by atoms with E-state index in [4.69, 9.17) is 33.2 Å². The molecule has 0 aliphatic carbocycles. The molecule has 3 aromatic rings. The normalized spacial score (nSPS) is 26.9. The fraction of sp³-hybridized carbons (Fsp3) is 0.355. The maximum Gasteiger partial charge on any atom is 0.187 e. The first-order chi connectivity index (χ1) is 18.7. The Morgan fingerprint density at radius 1 is 0.789 bits per heavy atom. The number of rotatable bonds is 11. The molecule has 0 spiro atoms. The number of ether oxygens (including phenoxy) is 7. The van der Waals surface area contributed by atoms with Gasteiger partial charge in [-0.25, -0.2) is 0 Å². The van der Waals surface area contributed by atoms with E-state index >= 15 is 0 Å². The van der Waals surface area contributed by atoms with Crippen LogP contribution in [0.5, 0.6) is 5.75 Å². The molecule has 2 saturated heterocycles. The summed E-state index contributed by atoms with van der Waals surface area (Å²) in [6.45, 7) is 5.20. The molecule has 2 fully saturated rings. The van der Waals surface area contributed by atoms with Gasteiger partial charge in [0.25, 0.3) is 0 Å². The van der Waals surface area contributed by atoms with E-state index in [-0.39, 0.29) is 0 Å². The van der Waals surface area contributed by atoms with Gasteiger partial charge in [0.05, 0.1) is 33.5 Å². The smallest absolute Gasteiger partial charge is 0.187 e. The lowest BCUT2D eigenvalue weighted by atomic mass is 9.97. The van der Waals surface area contributed by atoms with Gasteiger partial charge in [-0.1, -0.05) is 78.9 Å². The van der Waals surface area contributed by atoms with Gasteiger partial charge in [0.15, 0.2) is 12.6 Å². The van der Waals surface area contributed by atoms with Crippen LogP contribution in [-0.4, -0.2) is 51.0 Å². The lowest BCUT2D eigenvalue weighted by Crippen LogP contribution is -2.63. The van der Waals surface area contributed by atoms with Crippen LogP contribution >= 0.6 is 0 Å². The van der Waals surface area contributed by atoms with Gasteiger partial charge in [-0.3, -0.25) is 0 Å². The molecule has 0 N–H and O–H groups in total. The summed E-state index contributed by atoms with van der Waals surface area (Å²) in [4.78, 5) is 0. The van der Waals surface area contributed by atoms with Gasteiger partial charge in [-0.05, 0) is 23.3 Å². The van der Waals surface area contributed by atoms with Crippen molar-refractivity contribution >= 4 is 0 Å². The summed E-state index contributed by atoms with van der Waals surface area (Å²) in [5, 5.41) is 0. The third-order valence-electron chi connectivity index (χ3n) is 6.62. The molecular formula is C31H34O7. The van der Waals surface area contributed by atoms with Gasteiger partial charge in [-0.2, -0.15) is 0 Å². The lowest BCUT2D eigenvalue weighted by Gasteiger charge is -2.48. The third kappa shape index (κ3) is 6.50. The van der Waals surface area contributed by atoms with Gasteiger partial charge in [0.1, 0.15) is 30.2 Å². The molecule has 38 heavy (non-hydrogen) atoms. The Kier molecular flexibility index (Phi) is 9.19. The molecule has 0 bridgehead atoms. The van der Waals surface area contributed by atoms with E-state index in [0.29, 0.717) is 26.4 Å². The average molecular weight is 519 g/mol. The second-order valence-electron chi connectivity index (χ2n) is 9.23. The molecule has 0 amide bonds. The monoisotopic (exact) mass is 518 g/mol. The number of methoxy groups -OCH3 is 1. The second kappa shape index (κ2) is 13.2. The van der Waals surface area contributed by atoms with Crippen molar-refractivity contribution in [2.75, 3.05) is 20.3 Å². The first-order valence-electron chi connectivity index (χ1n) is 12.8. The van der Waals surface area contributed by atoms with Crippen LogP contribution in [0.3, 0.4) is 0 Å². The summed E-state index contributed by atoms with van der Waals surface area (Å²) in [6, 6.07) is 27.7. The van der Waals surface area contributed by atoms with Crippen molar-refractivity contribution in [1.82, 2.24) is 0 Å². The highest BCUT2D eigenvalue weighted by atomic mass is 16.8. The molecule has 2 unspecified atom stereocenters. The Hall–Kier alpha value is -3.04. The Morgan fingerprint density at radius 2 is 1.42 bits per heavy atom. The van der Waals surface area contributed by atoms with E-state index in [0.717, 1.165) is 22.4 Å². The summed E-state index contributed by atoms with van der Waals surface area (Å²) in [7, 11) is 1.64. The largest absolute Gasteiger partial charge is 0.497 e. The highest BCUT2D eigenvalue weighted by molar-refractivity contribution is 5.28. The van der Waals surface area contributed by atoms with Crippen molar-refractivity contribution in [2.24, 2.45) is 0 Å². The molecule has 2 heterocycles. The van der Waals surface area contributed by atoms with Crippen molar-refractivity contribution in [3.05, 3.63) is 114 Å². The predicted molar refractivity (Wildman–Crippen MR) is 141 cm³/mol. The minimum atomic E-state index is -0.677. The molecule has 2 aliphatic heterocycles. The Balaban J connectivity index is 1.40.